The van der Waals surface area contributed by atoms with Gasteiger partial charge in [0.1, 0.15) is 5.66 Å². The monoisotopic (exact) mass is 513 g/mol. The van der Waals surface area contributed by atoms with Gasteiger partial charge in [0.15, 0.2) is 0 Å². The summed E-state index contributed by atoms with van der Waals surface area (Å²) in [5.41, 5.74) is 13.9. The number of aryl methyl sites for hydroxylation is 2. The molecule has 186 valence electrons. The molecule has 0 amide bonds. The van der Waals surface area contributed by atoms with E-state index in [-0.39, 0.29) is 22.6 Å². The number of nitrogens with two attached hydrogens (primary N) is 2. The third-order valence-corrected chi connectivity index (χ3v) is 6.40. The molecule has 0 atom stereocenters. The fourth-order valence-electron chi connectivity index (χ4n) is 3.21. The number of aliphatic imine (C=N–C) groups is 2. The normalized spacial score (nSPS) is 15.6. The quantitative estimate of drug-likeness (QED) is 0.390. The molecular weight excluding hydrogens is 485 g/mol. The van der Waals surface area contributed by atoms with E-state index in [2.05, 4.69) is 9.98 Å². The third-order valence-electron chi connectivity index (χ3n) is 4.83. The maximum atomic E-state index is 13.0. The molecule has 0 saturated heterocycles. The van der Waals surface area contributed by atoms with Crippen LogP contribution < -0.4 is 16.4 Å². The van der Waals surface area contributed by atoms with Gasteiger partial charge in [-0.2, -0.15) is 21.8 Å². The van der Waals surface area contributed by atoms with E-state index in [9.17, 15) is 20.7 Å². The zero-order valence-electron chi connectivity index (χ0n) is 19.0. The Hall–Kier alpha value is -3.03. The maximum Gasteiger partial charge on any atom is 0.332 e. The van der Waals surface area contributed by atoms with Gasteiger partial charge in [-0.25, -0.2) is 4.99 Å². The summed E-state index contributed by atoms with van der Waals surface area (Å²) < 4.78 is 61.7. The number of guanidine groups is 2. The van der Waals surface area contributed by atoms with Crippen LogP contribution in [0.2, 0.25) is 0 Å². The van der Waals surface area contributed by atoms with E-state index in [1.165, 1.54) is 19.1 Å². The van der Waals surface area contributed by atoms with Crippen molar-refractivity contribution in [2.75, 3.05) is 10.7 Å². The van der Waals surface area contributed by atoms with Crippen LogP contribution in [0.4, 0.5) is 9.57 Å². The Morgan fingerprint density at radius 3 is 2.06 bits per heavy atom. The van der Waals surface area contributed by atoms with Crippen molar-refractivity contribution in [1.82, 2.24) is 0 Å². The molecule has 1 heterocycles. The Balaban J connectivity index is 0.000000604. The summed E-state index contributed by atoms with van der Waals surface area (Å²) >= 11 is 0. The lowest BCUT2D eigenvalue weighted by atomic mass is 10.0. The first-order valence-corrected chi connectivity index (χ1v) is 13.2. The minimum atomic E-state index is -4.67. The van der Waals surface area contributed by atoms with E-state index in [0.717, 1.165) is 16.8 Å². The largest absolute Gasteiger partial charge is 0.369 e. The van der Waals surface area contributed by atoms with Crippen molar-refractivity contribution < 1.29 is 25.3 Å². The fraction of sp³-hybridized carbons (Fsp3) is 0.333. The summed E-state index contributed by atoms with van der Waals surface area (Å²) in [6.07, 6.45) is 1.39. The molecule has 0 aromatic heterocycles. The SMILES string of the molecule is CC1(C)N=C(N)N=C(N)N1c1cccc(CCc2ccc(S(=O)(=O)F)cc2)c1.CCS(=O)(=O)O. The van der Waals surface area contributed by atoms with Gasteiger partial charge in [0, 0.05) is 5.69 Å². The summed E-state index contributed by atoms with van der Waals surface area (Å²) in [4.78, 5) is 9.88. The smallest absolute Gasteiger partial charge is 0.332 e. The first-order chi connectivity index (χ1) is 15.6. The van der Waals surface area contributed by atoms with Crippen molar-refractivity contribution >= 4 is 37.9 Å². The van der Waals surface area contributed by atoms with Gasteiger partial charge in [0.25, 0.3) is 10.1 Å². The number of hydrogen-bond donors (Lipinski definition) is 3. The van der Waals surface area contributed by atoms with Crippen LogP contribution in [0.1, 0.15) is 31.9 Å². The van der Waals surface area contributed by atoms with Crippen LogP contribution in [0.15, 0.2) is 63.4 Å². The van der Waals surface area contributed by atoms with Gasteiger partial charge in [-0.1, -0.05) is 24.3 Å². The van der Waals surface area contributed by atoms with E-state index in [1.54, 1.807) is 12.1 Å². The van der Waals surface area contributed by atoms with Crippen LogP contribution in [0.25, 0.3) is 0 Å². The summed E-state index contributed by atoms with van der Waals surface area (Å²) in [6.45, 7) is 5.17. The van der Waals surface area contributed by atoms with Crippen LogP contribution in [0.5, 0.6) is 0 Å². The highest BCUT2D eigenvalue weighted by Gasteiger charge is 2.32. The highest BCUT2D eigenvalue weighted by Crippen LogP contribution is 2.28. The van der Waals surface area contributed by atoms with Gasteiger partial charge in [-0.3, -0.25) is 9.45 Å². The summed E-state index contributed by atoms with van der Waals surface area (Å²) in [6, 6.07) is 13.6. The summed E-state index contributed by atoms with van der Waals surface area (Å²) in [5, 5.41) is 0. The molecule has 0 radical (unpaired) electrons. The Kier molecular flexibility index (Phi) is 8.40. The third kappa shape index (κ3) is 7.78. The fourth-order valence-corrected chi connectivity index (χ4v) is 3.67. The Bertz CT molecular complexity index is 1290. The molecule has 0 unspecified atom stereocenters. The zero-order valence-corrected chi connectivity index (χ0v) is 20.6. The minimum Gasteiger partial charge on any atom is -0.369 e. The highest BCUT2D eigenvalue weighted by atomic mass is 32.3. The topological polar surface area (TPSA) is 169 Å². The zero-order chi connectivity index (χ0) is 25.7. The molecule has 0 fully saturated rings. The minimum absolute atomic E-state index is 0.147. The molecule has 3 rings (SSSR count). The van der Waals surface area contributed by atoms with Crippen LogP contribution in [-0.4, -0.2) is 44.7 Å². The van der Waals surface area contributed by atoms with Crippen LogP contribution in [-0.2, 0) is 33.2 Å². The molecule has 13 heteroatoms. The Morgan fingerprint density at radius 1 is 1.00 bits per heavy atom. The lowest BCUT2D eigenvalue weighted by Gasteiger charge is -2.38. The Labute approximate surface area is 199 Å². The van der Waals surface area contributed by atoms with E-state index < -0.39 is 26.0 Å². The predicted molar refractivity (Wildman–Crippen MR) is 130 cm³/mol. The molecule has 2 aromatic carbocycles. The average Bonchev–Trinajstić information content (AvgIpc) is 2.71. The number of anilines is 1. The molecule has 5 N–H and O–H groups in total. The lowest BCUT2D eigenvalue weighted by Crippen LogP contribution is -2.54. The lowest BCUT2D eigenvalue weighted by molar-refractivity contribution is 0.484. The molecule has 1 aliphatic rings. The number of nitrogens with zero attached hydrogens (tertiary/aromatic N) is 3. The number of halogens is 1. The number of hydrogen-bond acceptors (Lipinski definition) is 9. The van der Waals surface area contributed by atoms with Gasteiger partial charge < -0.3 is 11.5 Å². The van der Waals surface area contributed by atoms with Gasteiger partial charge in [-0.05, 0) is 69.0 Å². The van der Waals surface area contributed by atoms with Crippen molar-refractivity contribution in [3.05, 3.63) is 59.7 Å². The number of rotatable bonds is 6. The van der Waals surface area contributed by atoms with E-state index in [4.69, 9.17) is 16.0 Å². The van der Waals surface area contributed by atoms with Crippen LogP contribution >= 0.6 is 0 Å². The van der Waals surface area contributed by atoms with E-state index >= 15 is 0 Å². The standard InChI is InChI=1S/C19H22FN5O2S.C2H6O3S/c1-19(2)24-17(21)23-18(22)25(19)15-5-3-4-14(12-15)7-6-13-8-10-16(11-9-13)28(20,26)27;1-2-6(3,4)5/h3-5,8-12H,6-7H2,1-2H3,(H4,21,22,23,24);2H2,1H3,(H,3,4,5). The van der Waals surface area contributed by atoms with Crippen LogP contribution in [0, 0.1) is 0 Å². The van der Waals surface area contributed by atoms with Gasteiger partial charge >= 0.3 is 10.2 Å². The second-order valence-electron chi connectivity index (χ2n) is 7.89. The van der Waals surface area contributed by atoms with Gasteiger partial charge in [0.05, 0.1) is 10.6 Å². The molecular formula is C21H28FN5O5S2. The molecule has 34 heavy (non-hydrogen) atoms. The molecule has 2 aromatic rings. The van der Waals surface area contributed by atoms with Crippen molar-refractivity contribution in [2.24, 2.45) is 21.5 Å². The summed E-state index contributed by atoms with van der Waals surface area (Å²) in [5.74, 6) is 0.221. The first kappa shape index (κ1) is 27.2. The number of benzene rings is 2. The predicted octanol–water partition coefficient (Wildman–Crippen LogP) is 2.21. The van der Waals surface area contributed by atoms with Gasteiger partial charge in [0.2, 0.25) is 11.9 Å². The first-order valence-electron chi connectivity index (χ1n) is 10.2. The molecule has 0 aliphatic carbocycles. The molecule has 0 bridgehead atoms. The van der Waals surface area contributed by atoms with E-state index in [1.807, 2.05) is 43.0 Å². The molecule has 0 spiro atoms. The summed E-state index contributed by atoms with van der Waals surface area (Å²) in [7, 11) is -8.34. The maximum absolute atomic E-state index is 13.0. The van der Waals surface area contributed by atoms with Crippen LogP contribution in [0.3, 0.4) is 0 Å². The van der Waals surface area contributed by atoms with Gasteiger partial charge in [-0.15, -0.1) is 3.89 Å². The average molecular weight is 514 g/mol. The van der Waals surface area contributed by atoms with Crippen molar-refractivity contribution in [1.29, 1.82) is 0 Å². The second kappa shape index (κ2) is 10.5. The van der Waals surface area contributed by atoms with Crippen molar-refractivity contribution in [3.63, 3.8) is 0 Å². The molecule has 0 saturated carbocycles. The van der Waals surface area contributed by atoms with Crippen molar-refractivity contribution in [3.8, 4) is 0 Å². The Morgan fingerprint density at radius 2 is 1.56 bits per heavy atom. The van der Waals surface area contributed by atoms with Crippen molar-refractivity contribution in [2.45, 2.75) is 44.2 Å². The second-order valence-corrected chi connectivity index (χ2v) is 11.0. The highest BCUT2D eigenvalue weighted by molar-refractivity contribution is 7.86. The van der Waals surface area contributed by atoms with E-state index in [0.29, 0.717) is 12.8 Å². The molecule has 10 nitrogen and oxygen atoms in total. The molecule has 1 aliphatic heterocycles.